The maximum absolute atomic E-state index is 10.6. The zero-order chi connectivity index (χ0) is 10.8. The molecule has 5 nitrogen and oxygen atoms in total. The molecule has 0 aliphatic heterocycles. The molecule has 0 amide bonds. The number of anilines is 1. The smallest absolute Gasteiger partial charge is 0.324 e. The van der Waals surface area contributed by atoms with Gasteiger partial charge in [0.15, 0.2) is 0 Å². The SMILES string of the molecule is COc1ccc(N)c(SS(=O)(=O)O)c1. The Morgan fingerprint density at radius 1 is 1.50 bits per heavy atom. The van der Waals surface area contributed by atoms with E-state index in [0.717, 1.165) is 0 Å². The minimum absolute atomic E-state index is 0.242. The van der Waals surface area contributed by atoms with Gasteiger partial charge in [-0.25, -0.2) is 0 Å². The molecule has 0 fully saturated rings. The lowest BCUT2D eigenvalue weighted by molar-refractivity contribution is 0.414. The van der Waals surface area contributed by atoms with Crippen LogP contribution in [0.4, 0.5) is 5.69 Å². The van der Waals surface area contributed by atoms with Crippen LogP contribution in [-0.4, -0.2) is 20.1 Å². The van der Waals surface area contributed by atoms with Crippen molar-refractivity contribution in [2.75, 3.05) is 12.8 Å². The molecular weight excluding hydrogens is 226 g/mol. The van der Waals surface area contributed by atoms with Crippen LogP contribution in [0.2, 0.25) is 0 Å². The van der Waals surface area contributed by atoms with Gasteiger partial charge in [0.25, 0.3) is 0 Å². The summed E-state index contributed by atoms with van der Waals surface area (Å²) < 4.78 is 34.6. The molecular formula is C7H9NO4S2. The molecule has 1 rings (SSSR count). The van der Waals surface area contributed by atoms with Crippen molar-refractivity contribution in [1.82, 2.24) is 0 Å². The third-order valence-electron chi connectivity index (χ3n) is 1.42. The quantitative estimate of drug-likeness (QED) is 0.464. The number of benzene rings is 1. The van der Waals surface area contributed by atoms with E-state index in [1.807, 2.05) is 0 Å². The molecule has 78 valence electrons. The highest BCUT2D eigenvalue weighted by Gasteiger charge is 2.11. The molecule has 1 aromatic rings. The molecule has 0 unspecified atom stereocenters. The lowest BCUT2D eigenvalue weighted by atomic mass is 10.3. The highest BCUT2D eigenvalue weighted by atomic mass is 33.1. The van der Waals surface area contributed by atoms with E-state index >= 15 is 0 Å². The third kappa shape index (κ3) is 3.09. The van der Waals surface area contributed by atoms with Gasteiger partial charge < -0.3 is 10.5 Å². The summed E-state index contributed by atoms with van der Waals surface area (Å²) in [4.78, 5) is 0.242. The van der Waals surface area contributed by atoms with Crippen molar-refractivity contribution in [3.8, 4) is 5.75 Å². The van der Waals surface area contributed by atoms with Crippen molar-refractivity contribution in [1.29, 1.82) is 0 Å². The summed E-state index contributed by atoms with van der Waals surface area (Å²) in [6, 6.07) is 4.55. The van der Waals surface area contributed by atoms with E-state index in [4.69, 9.17) is 15.0 Å². The average Bonchev–Trinajstić information content (AvgIpc) is 2.06. The summed E-state index contributed by atoms with van der Waals surface area (Å²) in [5, 5.41) is 0. The highest BCUT2D eigenvalue weighted by molar-refractivity contribution is 8.70. The fourth-order valence-electron chi connectivity index (χ4n) is 0.827. The second-order valence-corrected chi connectivity index (χ2v) is 5.64. The van der Waals surface area contributed by atoms with Gasteiger partial charge in [0.1, 0.15) is 5.75 Å². The van der Waals surface area contributed by atoms with Gasteiger partial charge in [-0.05, 0) is 18.2 Å². The second kappa shape index (κ2) is 4.07. The Balaban J connectivity index is 3.07. The van der Waals surface area contributed by atoms with Gasteiger partial charge in [0.05, 0.1) is 12.0 Å². The molecule has 7 heteroatoms. The highest BCUT2D eigenvalue weighted by Crippen LogP contribution is 2.31. The van der Waals surface area contributed by atoms with E-state index in [9.17, 15) is 8.42 Å². The summed E-state index contributed by atoms with van der Waals surface area (Å²) in [6.45, 7) is 0. The van der Waals surface area contributed by atoms with Gasteiger partial charge in [0.2, 0.25) is 0 Å². The number of nitrogen functional groups attached to an aromatic ring is 1. The number of hydrogen-bond acceptors (Lipinski definition) is 5. The van der Waals surface area contributed by atoms with Gasteiger partial charge in [-0.2, -0.15) is 8.42 Å². The predicted molar refractivity (Wildman–Crippen MR) is 54.8 cm³/mol. The Hall–Kier alpha value is -0.920. The van der Waals surface area contributed by atoms with Gasteiger partial charge in [-0.3, -0.25) is 4.55 Å². The van der Waals surface area contributed by atoms with Crippen LogP contribution in [0.3, 0.4) is 0 Å². The molecule has 0 bridgehead atoms. The predicted octanol–water partition coefficient (Wildman–Crippen LogP) is 1.17. The molecule has 14 heavy (non-hydrogen) atoms. The van der Waals surface area contributed by atoms with Crippen LogP contribution in [-0.2, 0) is 9.15 Å². The topological polar surface area (TPSA) is 89.6 Å². The lowest BCUT2D eigenvalue weighted by Crippen LogP contribution is -1.94. The van der Waals surface area contributed by atoms with Crippen LogP contribution in [0.15, 0.2) is 23.1 Å². The monoisotopic (exact) mass is 235 g/mol. The molecule has 0 atom stereocenters. The zero-order valence-electron chi connectivity index (χ0n) is 7.30. The van der Waals surface area contributed by atoms with Crippen LogP contribution >= 0.6 is 10.8 Å². The van der Waals surface area contributed by atoms with E-state index in [1.54, 1.807) is 6.07 Å². The molecule has 3 N–H and O–H groups in total. The number of methoxy groups -OCH3 is 1. The minimum atomic E-state index is -4.14. The van der Waals surface area contributed by atoms with Crippen molar-refractivity contribution < 1.29 is 17.7 Å². The van der Waals surface area contributed by atoms with Crippen LogP contribution in [0.25, 0.3) is 0 Å². The van der Waals surface area contributed by atoms with E-state index in [0.29, 0.717) is 5.75 Å². The molecule has 0 heterocycles. The van der Waals surface area contributed by atoms with Crippen molar-refractivity contribution in [3.05, 3.63) is 18.2 Å². The van der Waals surface area contributed by atoms with Crippen molar-refractivity contribution >= 4 is 25.6 Å². The summed E-state index contributed by atoms with van der Waals surface area (Å²) in [6.07, 6.45) is 0. The Morgan fingerprint density at radius 3 is 2.64 bits per heavy atom. The normalized spacial score (nSPS) is 11.3. The van der Waals surface area contributed by atoms with E-state index in [-0.39, 0.29) is 21.4 Å². The van der Waals surface area contributed by atoms with Gasteiger partial charge in [-0.15, -0.1) is 0 Å². The zero-order valence-corrected chi connectivity index (χ0v) is 8.93. The van der Waals surface area contributed by atoms with E-state index in [1.165, 1.54) is 19.2 Å². The van der Waals surface area contributed by atoms with Crippen molar-refractivity contribution in [2.45, 2.75) is 4.90 Å². The lowest BCUT2D eigenvalue weighted by Gasteiger charge is -2.05. The molecule has 0 aliphatic carbocycles. The Kier molecular flexibility index (Phi) is 3.25. The number of rotatable bonds is 3. The van der Waals surface area contributed by atoms with Crippen LogP contribution in [0.1, 0.15) is 0 Å². The Morgan fingerprint density at radius 2 is 2.14 bits per heavy atom. The van der Waals surface area contributed by atoms with E-state index in [2.05, 4.69) is 0 Å². The summed E-state index contributed by atoms with van der Waals surface area (Å²) in [7, 11) is -2.41. The fraction of sp³-hybridized carbons (Fsp3) is 0.143. The van der Waals surface area contributed by atoms with Crippen LogP contribution in [0.5, 0.6) is 5.75 Å². The van der Waals surface area contributed by atoms with Gasteiger partial charge in [-0.1, -0.05) is 0 Å². The molecule has 0 saturated carbocycles. The summed E-state index contributed by atoms with van der Waals surface area (Å²) >= 11 is 0. The minimum Gasteiger partial charge on any atom is -0.497 e. The molecule has 0 aliphatic rings. The summed E-state index contributed by atoms with van der Waals surface area (Å²) in [5.74, 6) is 0.477. The first-order chi connectivity index (χ1) is 6.42. The Bertz CT molecular complexity index is 429. The first-order valence-corrected chi connectivity index (χ1v) is 6.30. The van der Waals surface area contributed by atoms with Crippen LogP contribution < -0.4 is 10.5 Å². The fourth-order valence-corrected chi connectivity index (χ4v) is 2.50. The second-order valence-electron chi connectivity index (χ2n) is 2.41. The average molecular weight is 235 g/mol. The summed E-state index contributed by atoms with van der Waals surface area (Å²) in [5.41, 5.74) is 5.77. The molecule has 0 radical (unpaired) electrons. The molecule has 0 saturated heterocycles. The number of hydrogen-bond donors (Lipinski definition) is 2. The third-order valence-corrected chi connectivity index (χ3v) is 3.33. The maximum atomic E-state index is 10.6. The molecule has 1 aromatic carbocycles. The van der Waals surface area contributed by atoms with Crippen molar-refractivity contribution in [2.24, 2.45) is 0 Å². The molecule has 0 spiro atoms. The number of ether oxygens (including phenoxy) is 1. The van der Waals surface area contributed by atoms with Gasteiger partial charge >= 0.3 is 9.15 Å². The molecule has 0 aromatic heterocycles. The standard InChI is InChI=1S/C7H9NO4S2/c1-12-5-2-3-6(8)7(4-5)13-14(9,10)11/h2-4H,8H2,1H3,(H,9,10,11). The number of nitrogens with two attached hydrogens (primary N) is 1. The van der Waals surface area contributed by atoms with E-state index < -0.39 is 9.15 Å². The largest absolute Gasteiger partial charge is 0.497 e. The Labute approximate surface area is 85.4 Å². The first kappa shape index (κ1) is 11.2. The van der Waals surface area contributed by atoms with Gasteiger partial charge in [0, 0.05) is 16.5 Å². The maximum Gasteiger partial charge on any atom is 0.324 e. The van der Waals surface area contributed by atoms with Crippen molar-refractivity contribution in [3.63, 3.8) is 0 Å². The first-order valence-electron chi connectivity index (χ1n) is 3.53. The van der Waals surface area contributed by atoms with Crippen LogP contribution in [0, 0.1) is 0 Å².